The molecule has 0 bridgehead atoms. The van der Waals surface area contributed by atoms with Crippen LogP contribution in [-0.4, -0.2) is 160 Å². The lowest BCUT2D eigenvalue weighted by Crippen LogP contribution is -2.55. The van der Waals surface area contributed by atoms with Crippen LogP contribution in [0.1, 0.15) is 182 Å². The molecule has 0 unspecified atom stereocenters. The second-order valence-electron chi connectivity index (χ2n) is 31.8. The van der Waals surface area contributed by atoms with E-state index in [0.29, 0.717) is 43.9 Å². The van der Waals surface area contributed by atoms with Gasteiger partial charge in [0.2, 0.25) is 11.8 Å². The number of aryl methyl sites for hydroxylation is 5. The number of piperidine rings is 1. The Morgan fingerprint density at radius 3 is 1.71 bits per heavy atom. The van der Waals surface area contributed by atoms with Gasteiger partial charge in [-0.25, -0.2) is 39.3 Å². The van der Waals surface area contributed by atoms with Crippen molar-refractivity contribution in [3.63, 3.8) is 0 Å². The Hall–Kier alpha value is -10.0. The number of benzene rings is 4. The quantitative estimate of drug-likeness (QED) is 0.0993. The van der Waals surface area contributed by atoms with E-state index in [0.717, 1.165) is 163 Å². The van der Waals surface area contributed by atoms with Crippen LogP contribution >= 0.6 is 0 Å². The number of nitrogens with one attached hydrogen (secondary N) is 1. The van der Waals surface area contributed by atoms with E-state index >= 15 is 0 Å². The van der Waals surface area contributed by atoms with Crippen LogP contribution in [0.25, 0.3) is 33.1 Å². The third-order valence-corrected chi connectivity index (χ3v) is 24.8. The van der Waals surface area contributed by atoms with Crippen molar-refractivity contribution < 1.29 is 43.0 Å². The normalized spacial score (nSPS) is 21.4. The third-order valence-electron chi connectivity index (χ3n) is 24.8. The number of rotatable bonds is 14. The first kappa shape index (κ1) is 73.5. The highest BCUT2D eigenvalue weighted by atomic mass is 16.6. The van der Waals surface area contributed by atoms with Crippen LogP contribution in [0.5, 0.6) is 0 Å². The molecule has 5 fully saturated rings. The number of nitrogens with zero attached hydrogens (tertiary/aromatic N) is 15. The second-order valence-corrected chi connectivity index (χ2v) is 31.8. The van der Waals surface area contributed by atoms with Crippen molar-refractivity contribution in [2.45, 2.75) is 212 Å². The van der Waals surface area contributed by atoms with E-state index < -0.39 is 0 Å². The number of amides is 5. The standard InChI is InChI=1S/C29H38N4O4.C29H36N4O2.C25H28N8O3/c1-18-7-8-22-23(32(18)28(36)37-3)9-10-24-27(22)30-25(17-31-14-13-29(11-12-29)16-26(31)35)33(24)21-6-4-5-20(15-21)19(2)34;1-20-9-10-23-24(32(20)28(34)35-3)11-12-25-27(23)30-26(17-21-7-5-4-6-8-21)33(25)22-13-15-29(16-14-22)18-31(2)19-29;1-17-4-5-19-20(33(17)25(35)36-2)6-7-21-24(19)30-22(9-13-31-12-3-10-29-31)32(21)15-23(34)27-14-18-8-11-26-16-28-18/h9-10,18,20-21H,4-8,11-17H2,1-3H3;4-8,11-12,20,22H,9-10,13-19H2,1-3H3;3,6-8,10-12,16-17H,4-5,9,13-15H2,1-2H3,(H,27,34)/t18-,20+,21+;20-;17-/m000/s1. The van der Waals surface area contributed by atoms with Crippen LogP contribution in [0.4, 0.5) is 31.4 Å². The van der Waals surface area contributed by atoms with Gasteiger partial charge in [0.25, 0.3) is 0 Å². The van der Waals surface area contributed by atoms with Gasteiger partial charge >= 0.3 is 18.3 Å². The van der Waals surface area contributed by atoms with Gasteiger partial charge in [0.1, 0.15) is 36.1 Å². The molecule has 3 saturated carbocycles. The minimum absolute atomic E-state index is 0.0244. The summed E-state index contributed by atoms with van der Waals surface area (Å²) in [6.45, 7) is 12.7. The summed E-state index contributed by atoms with van der Waals surface area (Å²) in [5.74, 6) is 3.27. The minimum Gasteiger partial charge on any atom is -0.452 e. The predicted octanol–water partition coefficient (Wildman–Crippen LogP) is 13.2. The Bertz CT molecular complexity index is 4820. The highest BCUT2D eigenvalue weighted by Crippen LogP contribution is 2.54. The summed E-state index contributed by atoms with van der Waals surface area (Å²) in [5.41, 5.74) is 14.7. The van der Waals surface area contributed by atoms with Crippen LogP contribution in [0.15, 0.2) is 104 Å². The summed E-state index contributed by atoms with van der Waals surface area (Å²) in [4.78, 5) is 109. The van der Waals surface area contributed by atoms with Crippen LogP contribution in [0.3, 0.4) is 0 Å². The smallest absolute Gasteiger partial charge is 0.414 e. The van der Waals surface area contributed by atoms with Crippen LogP contribution in [0.2, 0.25) is 0 Å². The number of hydrogen-bond acceptors (Lipinski definition) is 16. The molecule has 5 aromatic heterocycles. The number of Topliss-reactive ketones (excluding diaryl/α,β-unsaturated/α-hetero) is 1. The molecule has 25 nitrogen and oxygen atoms in total. The Kier molecular flexibility index (Phi) is 21.0. The Labute approximate surface area is 630 Å². The van der Waals surface area contributed by atoms with E-state index in [2.05, 4.69) is 96.9 Å². The molecular weight excluding hydrogens is 1370 g/mol. The zero-order valence-electron chi connectivity index (χ0n) is 63.8. The van der Waals surface area contributed by atoms with Crippen LogP contribution in [-0.2, 0) is 86.9 Å². The number of ketones is 1. The second kappa shape index (κ2) is 30.9. The number of carbonyl (C=O) groups excluding carboxylic acids is 6. The van der Waals surface area contributed by atoms with Crippen molar-refractivity contribution in [2.24, 2.45) is 16.7 Å². The monoisotopic (exact) mass is 1470 g/mol. The van der Waals surface area contributed by atoms with Gasteiger partial charge in [-0.2, -0.15) is 5.10 Å². The molecule has 2 spiro atoms. The molecule has 25 heteroatoms. The van der Waals surface area contributed by atoms with E-state index in [1.807, 2.05) is 63.4 Å². The SMILES string of the molecule is COC(=O)N1c2ccc3c(nc(CCn4cccn4)n3CC(=O)NCc3ccncn3)c2CC[C@@H]1C.COC(=O)N1c2ccc3c(nc(CN4CCC5(CC5)CC4=O)n3[C@@H]3CCC[C@@H](C(C)=O)C3)c2CC[C@@H]1C.COC(=O)N1c2ccc3c(nc(Cc4ccccc4)n3C3CCC4(CC3)CN(C)C4)c2CC[C@@H]1C. The molecule has 5 aliphatic heterocycles. The summed E-state index contributed by atoms with van der Waals surface area (Å²) in [6, 6.07) is 27.5. The molecule has 4 aromatic carbocycles. The zero-order valence-corrected chi connectivity index (χ0v) is 63.8. The molecule has 5 atom stereocenters. The average Bonchev–Trinajstić information content (AvgIpc) is 1.56. The van der Waals surface area contributed by atoms with Gasteiger partial charge in [-0.3, -0.25) is 33.8 Å². The molecule has 10 heterocycles. The van der Waals surface area contributed by atoms with Gasteiger partial charge < -0.3 is 43.0 Å². The van der Waals surface area contributed by atoms with Crippen molar-refractivity contribution in [3.8, 4) is 0 Å². The molecule has 568 valence electrons. The number of aromatic nitrogens is 10. The highest BCUT2D eigenvalue weighted by Gasteiger charge is 2.49. The molecule has 2 saturated heterocycles. The maximum atomic E-state index is 13.1. The molecule has 3 aliphatic carbocycles. The van der Waals surface area contributed by atoms with E-state index in [-0.39, 0.29) is 77.9 Å². The average molecular weight is 1470 g/mol. The first-order valence-electron chi connectivity index (χ1n) is 39.0. The fourth-order valence-electron chi connectivity index (χ4n) is 18.8. The maximum absolute atomic E-state index is 13.1. The number of carbonyl (C=O) groups is 6. The van der Waals surface area contributed by atoms with Gasteiger partial charge in [0.15, 0.2) is 0 Å². The molecule has 108 heavy (non-hydrogen) atoms. The number of anilines is 3. The minimum atomic E-state index is -0.384. The van der Waals surface area contributed by atoms with Crippen LogP contribution in [0, 0.1) is 16.7 Å². The van der Waals surface area contributed by atoms with Crippen molar-refractivity contribution in [1.29, 1.82) is 0 Å². The lowest BCUT2D eigenvalue weighted by Gasteiger charge is -2.52. The number of fused-ring (bicyclic) bond motifs is 9. The first-order chi connectivity index (χ1) is 52.3. The maximum Gasteiger partial charge on any atom is 0.414 e. The number of ether oxygens (including phenoxy) is 3. The fraction of sp³-hybridized carbons (Fsp3) is 0.518. The lowest BCUT2D eigenvalue weighted by atomic mass is 9.67. The fourth-order valence-corrected chi connectivity index (χ4v) is 18.8. The molecule has 9 aromatic rings. The van der Waals surface area contributed by atoms with Crippen molar-refractivity contribution >= 4 is 86.0 Å². The molecule has 17 rings (SSSR count). The Morgan fingerprint density at radius 1 is 0.602 bits per heavy atom. The van der Waals surface area contributed by atoms with E-state index in [4.69, 9.17) is 29.2 Å². The third kappa shape index (κ3) is 14.7. The Morgan fingerprint density at radius 2 is 1.18 bits per heavy atom. The zero-order chi connectivity index (χ0) is 75.1. The van der Waals surface area contributed by atoms with E-state index in [1.165, 1.54) is 95.9 Å². The summed E-state index contributed by atoms with van der Waals surface area (Å²) in [7, 11) is 6.51. The first-order valence-corrected chi connectivity index (χ1v) is 39.0. The molecule has 5 amide bonds. The van der Waals surface area contributed by atoms with Gasteiger partial charge in [0, 0.05) is 117 Å². The number of hydrogen-bond donors (Lipinski definition) is 1. The Balaban J connectivity index is 0.000000129. The van der Waals surface area contributed by atoms with Crippen molar-refractivity contribution in [1.82, 2.24) is 63.5 Å². The summed E-state index contributed by atoms with van der Waals surface area (Å²) in [6.07, 6.45) is 25.2. The largest absolute Gasteiger partial charge is 0.452 e. The topological polar surface area (TPSA) is 255 Å². The summed E-state index contributed by atoms with van der Waals surface area (Å²) >= 11 is 0. The summed E-state index contributed by atoms with van der Waals surface area (Å²) in [5, 5.41) is 7.22. The van der Waals surface area contributed by atoms with Crippen molar-refractivity contribution in [3.05, 3.63) is 149 Å². The van der Waals surface area contributed by atoms with Gasteiger partial charge in [-0.05, 0) is 202 Å². The van der Waals surface area contributed by atoms with Crippen molar-refractivity contribution in [2.75, 3.05) is 62.7 Å². The van der Waals surface area contributed by atoms with E-state index in [1.54, 1.807) is 35.2 Å². The van der Waals surface area contributed by atoms with Gasteiger partial charge in [-0.15, -0.1) is 0 Å². The number of methoxy groups -OCH3 is 3. The highest BCUT2D eigenvalue weighted by molar-refractivity contribution is 5.98. The molecular formula is C83H102N16O9. The summed E-state index contributed by atoms with van der Waals surface area (Å²) < 4.78 is 24.0. The molecule has 8 aliphatic rings. The lowest BCUT2D eigenvalue weighted by molar-refractivity contribution is -0.136. The number of likely N-dealkylation sites (tertiary alicyclic amines) is 2. The van der Waals surface area contributed by atoms with Gasteiger partial charge in [0.05, 0.1) is 90.3 Å². The van der Waals surface area contributed by atoms with Gasteiger partial charge in [-0.1, -0.05) is 36.8 Å². The molecule has 0 radical (unpaired) electrons. The molecule has 1 N–H and O–H groups in total. The number of imidazole rings is 3. The predicted molar refractivity (Wildman–Crippen MR) is 412 cm³/mol. The van der Waals surface area contributed by atoms with E-state index in [9.17, 15) is 28.8 Å². The van der Waals surface area contributed by atoms with Crippen LogP contribution < -0.4 is 20.0 Å².